The highest BCUT2D eigenvalue weighted by Crippen LogP contribution is 2.25. The van der Waals surface area contributed by atoms with Crippen LogP contribution < -0.4 is 5.32 Å². The van der Waals surface area contributed by atoms with Crippen molar-refractivity contribution in [2.24, 2.45) is 0 Å². The molecule has 1 atom stereocenters. The molecule has 1 aliphatic carbocycles. The molecule has 5 heteroatoms. The lowest BCUT2D eigenvalue weighted by Gasteiger charge is -2.27. The molecule has 0 unspecified atom stereocenters. The van der Waals surface area contributed by atoms with Crippen LogP contribution >= 0.6 is 11.6 Å². The van der Waals surface area contributed by atoms with Crippen molar-refractivity contribution in [3.8, 4) is 0 Å². The Morgan fingerprint density at radius 1 is 1.15 bits per heavy atom. The number of hydrogen-bond acceptors (Lipinski definition) is 4. The zero-order valence-electron chi connectivity index (χ0n) is 11.3. The molecule has 1 aromatic heterocycles. The summed E-state index contributed by atoms with van der Waals surface area (Å²) in [6.07, 6.45) is 7.71. The maximum atomic E-state index is 5.96. The normalized spacial score (nSPS) is 18.1. The molecule has 20 heavy (non-hydrogen) atoms. The van der Waals surface area contributed by atoms with E-state index in [1.54, 1.807) is 0 Å². The Morgan fingerprint density at radius 2 is 1.90 bits per heavy atom. The molecule has 4 nitrogen and oxygen atoms in total. The van der Waals surface area contributed by atoms with Crippen LogP contribution in [0, 0.1) is 0 Å². The van der Waals surface area contributed by atoms with Gasteiger partial charge in [-0.2, -0.15) is 4.98 Å². The summed E-state index contributed by atoms with van der Waals surface area (Å²) in [6, 6.07) is 8.30. The first kappa shape index (κ1) is 13.6. The minimum Gasteiger partial charge on any atom is -0.343 e. The van der Waals surface area contributed by atoms with Gasteiger partial charge in [-0.25, -0.2) is 0 Å². The summed E-state index contributed by atoms with van der Waals surface area (Å²) in [5.74, 6) is 0.679. The highest BCUT2D eigenvalue weighted by atomic mass is 35.5. The quantitative estimate of drug-likeness (QED) is 0.932. The van der Waals surface area contributed by atoms with E-state index in [1.807, 2.05) is 24.3 Å². The second kappa shape index (κ2) is 6.37. The van der Waals surface area contributed by atoms with E-state index < -0.39 is 0 Å². The summed E-state index contributed by atoms with van der Waals surface area (Å²) < 4.78 is 4.90. The average Bonchev–Trinajstić information content (AvgIpc) is 3.01. The van der Waals surface area contributed by atoms with Gasteiger partial charge >= 0.3 is 0 Å². The molecule has 1 heterocycles. The van der Waals surface area contributed by atoms with Crippen LogP contribution in [-0.4, -0.2) is 16.2 Å². The maximum absolute atomic E-state index is 5.96. The summed E-state index contributed by atoms with van der Waals surface area (Å²) in [6.45, 7) is 0. The van der Waals surface area contributed by atoms with Crippen LogP contribution in [0.3, 0.4) is 0 Å². The number of halogens is 1. The number of aromatic nitrogens is 2. The predicted octanol–water partition coefficient (Wildman–Crippen LogP) is 3.73. The largest absolute Gasteiger partial charge is 0.343 e. The number of rotatable bonds is 4. The molecule has 0 spiro atoms. The van der Waals surface area contributed by atoms with Crippen molar-refractivity contribution >= 4 is 11.6 Å². The molecular weight excluding hydrogens is 274 g/mol. The molecule has 0 radical (unpaired) electrons. The Labute approximate surface area is 123 Å². The van der Waals surface area contributed by atoms with Gasteiger partial charge in [0.2, 0.25) is 6.39 Å². The molecule has 0 bridgehead atoms. The van der Waals surface area contributed by atoms with Crippen molar-refractivity contribution < 1.29 is 4.52 Å². The first-order valence-corrected chi connectivity index (χ1v) is 7.48. The van der Waals surface area contributed by atoms with E-state index in [4.69, 9.17) is 16.1 Å². The van der Waals surface area contributed by atoms with Gasteiger partial charge in [-0.3, -0.25) is 0 Å². The van der Waals surface area contributed by atoms with Crippen LogP contribution in [0.15, 0.2) is 35.2 Å². The maximum Gasteiger partial charge on any atom is 0.213 e. The first-order chi connectivity index (χ1) is 9.83. The summed E-state index contributed by atoms with van der Waals surface area (Å²) in [7, 11) is 0. The summed E-state index contributed by atoms with van der Waals surface area (Å²) >= 11 is 5.96. The van der Waals surface area contributed by atoms with Crippen molar-refractivity contribution in [2.45, 2.75) is 44.2 Å². The molecule has 1 aliphatic rings. The summed E-state index contributed by atoms with van der Waals surface area (Å²) in [5, 5.41) is 8.40. The fourth-order valence-corrected chi connectivity index (χ4v) is 2.91. The molecular formula is C15H18ClN3O. The molecule has 106 valence electrons. The van der Waals surface area contributed by atoms with E-state index in [9.17, 15) is 0 Å². The molecule has 2 aromatic rings. The fraction of sp³-hybridized carbons (Fsp3) is 0.467. The lowest BCUT2D eigenvalue weighted by Crippen LogP contribution is -2.35. The van der Waals surface area contributed by atoms with E-state index in [0.29, 0.717) is 11.9 Å². The second-order valence-corrected chi connectivity index (χ2v) is 5.71. The Kier molecular flexibility index (Phi) is 4.33. The lowest BCUT2D eigenvalue weighted by atomic mass is 9.94. The number of hydrogen-bond donors (Lipinski definition) is 1. The monoisotopic (exact) mass is 291 g/mol. The molecule has 1 fully saturated rings. The van der Waals surface area contributed by atoms with Gasteiger partial charge in [0.25, 0.3) is 0 Å². The Hall–Kier alpha value is -1.39. The van der Waals surface area contributed by atoms with Crippen LogP contribution in [0.1, 0.15) is 49.5 Å². The molecule has 0 amide bonds. The fourth-order valence-electron chi connectivity index (χ4n) is 2.79. The van der Waals surface area contributed by atoms with Crippen LogP contribution in [-0.2, 0) is 0 Å². The van der Waals surface area contributed by atoms with Gasteiger partial charge < -0.3 is 9.84 Å². The number of nitrogens with zero attached hydrogens (tertiary/aromatic N) is 2. The van der Waals surface area contributed by atoms with Crippen LogP contribution in [0.5, 0.6) is 0 Å². The van der Waals surface area contributed by atoms with Crippen molar-refractivity contribution in [3.05, 3.63) is 47.1 Å². The average molecular weight is 292 g/mol. The third kappa shape index (κ3) is 3.19. The van der Waals surface area contributed by atoms with Gasteiger partial charge in [-0.15, -0.1) is 0 Å². The van der Waals surface area contributed by atoms with Crippen molar-refractivity contribution in [1.29, 1.82) is 0 Å². The summed E-state index contributed by atoms with van der Waals surface area (Å²) in [5.41, 5.74) is 1.11. The Morgan fingerprint density at radius 3 is 2.55 bits per heavy atom. The standard InChI is InChI=1S/C15H18ClN3O/c16-12-8-6-11(7-9-12)14(15-17-10-20-19-15)18-13-4-2-1-3-5-13/h6-10,13-14,18H,1-5H2/t14-/m1/s1. The van der Waals surface area contributed by atoms with Crippen molar-refractivity contribution in [2.75, 3.05) is 0 Å². The third-order valence-corrected chi connectivity index (χ3v) is 4.10. The lowest BCUT2D eigenvalue weighted by molar-refractivity contribution is 0.341. The second-order valence-electron chi connectivity index (χ2n) is 5.28. The molecule has 1 aromatic carbocycles. The molecule has 3 rings (SSSR count). The van der Waals surface area contributed by atoms with Gasteiger partial charge in [0.1, 0.15) is 0 Å². The van der Waals surface area contributed by atoms with Crippen LogP contribution in [0.25, 0.3) is 0 Å². The van der Waals surface area contributed by atoms with Gasteiger partial charge in [0, 0.05) is 11.1 Å². The molecule has 1 saturated carbocycles. The third-order valence-electron chi connectivity index (χ3n) is 3.85. The van der Waals surface area contributed by atoms with E-state index >= 15 is 0 Å². The molecule has 0 saturated heterocycles. The zero-order valence-corrected chi connectivity index (χ0v) is 12.0. The summed E-state index contributed by atoms with van der Waals surface area (Å²) in [4.78, 5) is 4.21. The SMILES string of the molecule is Clc1ccc([C@@H](NC2CCCCC2)c2ncon2)cc1. The topological polar surface area (TPSA) is 51.0 Å². The van der Waals surface area contributed by atoms with Gasteiger partial charge in [0.15, 0.2) is 5.82 Å². The molecule has 0 aliphatic heterocycles. The van der Waals surface area contributed by atoms with Crippen molar-refractivity contribution in [1.82, 2.24) is 15.5 Å². The first-order valence-electron chi connectivity index (χ1n) is 7.11. The highest BCUT2D eigenvalue weighted by Gasteiger charge is 2.23. The minimum atomic E-state index is -0.0332. The van der Waals surface area contributed by atoms with Gasteiger partial charge in [-0.05, 0) is 30.5 Å². The van der Waals surface area contributed by atoms with Crippen LogP contribution in [0.2, 0.25) is 5.02 Å². The van der Waals surface area contributed by atoms with E-state index in [2.05, 4.69) is 15.5 Å². The van der Waals surface area contributed by atoms with Gasteiger partial charge in [-0.1, -0.05) is 48.2 Å². The minimum absolute atomic E-state index is 0.0332. The highest BCUT2D eigenvalue weighted by molar-refractivity contribution is 6.30. The van der Waals surface area contributed by atoms with E-state index in [1.165, 1.54) is 38.5 Å². The van der Waals surface area contributed by atoms with Crippen LogP contribution in [0.4, 0.5) is 0 Å². The Balaban J connectivity index is 1.82. The smallest absolute Gasteiger partial charge is 0.213 e. The number of benzene rings is 1. The van der Waals surface area contributed by atoms with E-state index in [0.717, 1.165) is 10.6 Å². The Bertz CT molecular complexity index is 521. The van der Waals surface area contributed by atoms with Gasteiger partial charge in [0.05, 0.1) is 6.04 Å². The zero-order chi connectivity index (χ0) is 13.8. The predicted molar refractivity (Wildman–Crippen MR) is 77.6 cm³/mol. The molecule has 1 N–H and O–H groups in total. The number of nitrogens with one attached hydrogen (secondary N) is 1. The van der Waals surface area contributed by atoms with E-state index in [-0.39, 0.29) is 6.04 Å². The van der Waals surface area contributed by atoms with Crippen molar-refractivity contribution in [3.63, 3.8) is 0 Å².